The Morgan fingerprint density at radius 1 is 0.870 bits per heavy atom. The molecule has 8 nitrogen and oxygen atoms in total. The number of carbonyl (C=O) groups excluding carboxylic acids is 4. The van der Waals surface area contributed by atoms with Gasteiger partial charge in [-0.2, -0.15) is 0 Å². The van der Waals surface area contributed by atoms with Crippen LogP contribution in [-0.4, -0.2) is 28.8 Å². The van der Waals surface area contributed by atoms with E-state index in [0.29, 0.717) is 0 Å². The smallest absolute Gasteiger partial charge is 0.0970 e. The molecule has 0 aromatic carbocycles. The van der Waals surface area contributed by atoms with E-state index in [1.165, 1.54) is 0 Å². The molecular weight excluding hydrogens is 355 g/mol. The maximum atomic E-state index is 11.4. The fraction of sp³-hybridized carbons (Fsp3) is 0.538. The molecule has 2 unspecified atom stereocenters. The second-order valence-corrected chi connectivity index (χ2v) is 6.85. The number of carboxylic acid groups (broad SMARTS) is 4. The van der Waals surface area contributed by atoms with Crippen LogP contribution in [-0.2, 0) is 19.2 Å². The lowest BCUT2D eigenvalue weighted by Crippen LogP contribution is -2.74. The average molecular weight is 363 g/mol. The standard InChI is InChI=1S/C13H12Cl2O8/c1-12-2-3(14)13(15,6(10(20)21)4(12)8(16)17)7(11(22)23)5(12)9(18)19/h2,4-7H,1H3,(H,16,17)(H,18,19)(H,20,21)(H,22,23)/p-4/t4-,5+,6-,7+,12?,13?. The van der Waals surface area contributed by atoms with Gasteiger partial charge in [0.25, 0.3) is 0 Å². The zero-order valence-corrected chi connectivity index (χ0v) is 12.9. The van der Waals surface area contributed by atoms with E-state index in [9.17, 15) is 39.6 Å². The number of halogens is 2. The predicted octanol–water partition coefficient (Wildman–Crippen LogP) is -4.42. The summed E-state index contributed by atoms with van der Waals surface area (Å²) < 4.78 is 0. The topological polar surface area (TPSA) is 161 Å². The highest BCUT2D eigenvalue weighted by Crippen LogP contribution is 2.65. The molecule has 2 bridgehead atoms. The third kappa shape index (κ3) is 2.05. The van der Waals surface area contributed by atoms with Crippen LogP contribution in [0.3, 0.4) is 0 Å². The third-order valence-electron chi connectivity index (χ3n) is 4.73. The highest BCUT2D eigenvalue weighted by atomic mass is 35.5. The van der Waals surface area contributed by atoms with Gasteiger partial charge in [0.05, 0.1) is 4.87 Å². The van der Waals surface area contributed by atoms with E-state index in [1.807, 2.05) is 0 Å². The molecule has 10 heteroatoms. The van der Waals surface area contributed by atoms with Crippen molar-refractivity contribution < 1.29 is 39.6 Å². The molecule has 0 N–H and O–H groups in total. The minimum absolute atomic E-state index is 0.500. The zero-order chi connectivity index (χ0) is 17.9. The van der Waals surface area contributed by atoms with Gasteiger partial charge in [0.1, 0.15) is 0 Å². The molecule has 126 valence electrons. The molecule has 0 heterocycles. The van der Waals surface area contributed by atoms with E-state index < -0.39 is 62.9 Å². The number of hydrogen-bond donors (Lipinski definition) is 0. The number of carbonyl (C=O) groups is 4. The molecular formula is C13H8Cl2O8-4. The first-order valence-corrected chi connectivity index (χ1v) is 7.07. The van der Waals surface area contributed by atoms with Crippen molar-refractivity contribution in [1.29, 1.82) is 0 Å². The second kappa shape index (κ2) is 5.10. The van der Waals surface area contributed by atoms with Gasteiger partial charge in [-0.25, -0.2) is 0 Å². The van der Waals surface area contributed by atoms with E-state index in [4.69, 9.17) is 23.2 Å². The Hall–Kier alpha value is -1.80. The van der Waals surface area contributed by atoms with Gasteiger partial charge in [-0.1, -0.05) is 24.6 Å². The van der Waals surface area contributed by atoms with Crippen molar-refractivity contribution in [2.45, 2.75) is 11.8 Å². The summed E-state index contributed by atoms with van der Waals surface area (Å²) in [5.74, 6) is -16.0. The number of hydrogen-bond acceptors (Lipinski definition) is 8. The van der Waals surface area contributed by atoms with E-state index in [1.54, 1.807) is 0 Å². The van der Waals surface area contributed by atoms with Gasteiger partial charge >= 0.3 is 0 Å². The van der Waals surface area contributed by atoms with Crippen LogP contribution in [0.25, 0.3) is 0 Å². The number of rotatable bonds is 4. The van der Waals surface area contributed by atoms with Crippen LogP contribution >= 0.6 is 23.2 Å². The number of carboxylic acids is 4. The SMILES string of the molecule is CC12C=C(Cl)C(Cl)([C@H](C(=O)[O-])[C@H]1C(=O)[O-])[C@@H](C(=O)[O-])[C@@H]2C(=O)[O-]. The van der Waals surface area contributed by atoms with Crippen LogP contribution in [0.2, 0.25) is 0 Å². The van der Waals surface area contributed by atoms with E-state index >= 15 is 0 Å². The van der Waals surface area contributed by atoms with Crippen LogP contribution in [0.15, 0.2) is 11.1 Å². The van der Waals surface area contributed by atoms with Crippen molar-refractivity contribution in [3.05, 3.63) is 11.1 Å². The number of fused-ring (bicyclic) bond motifs is 2. The Morgan fingerprint density at radius 3 is 1.43 bits per heavy atom. The molecule has 0 aliphatic heterocycles. The fourth-order valence-corrected chi connectivity index (χ4v) is 4.80. The molecule has 3 rings (SSSR count). The van der Waals surface area contributed by atoms with Crippen molar-refractivity contribution in [2.75, 3.05) is 0 Å². The molecule has 1 fully saturated rings. The molecule has 1 saturated carbocycles. The lowest BCUT2D eigenvalue weighted by Gasteiger charge is -2.64. The monoisotopic (exact) mass is 362 g/mol. The molecule has 3 aliphatic rings. The van der Waals surface area contributed by atoms with Crippen LogP contribution in [0.4, 0.5) is 0 Å². The van der Waals surface area contributed by atoms with Crippen molar-refractivity contribution in [2.24, 2.45) is 29.1 Å². The highest BCUT2D eigenvalue weighted by Gasteiger charge is 2.68. The normalized spacial score (nSPS) is 42.0. The summed E-state index contributed by atoms with van der Waals surface area (Å²) in [6, 6.07) is 0. The Morgan fingerprint density at radius 2 is 1.17 bits per heavy atom. The van der Waals surface area contributed by atoms with Gasteiger partial charge in [-0.15, -0.1) is 11.6 Å². The Kier molecular flexibility index (Phi) is 3.89. The van der Waals surface area contributed by atoms with Crippen molar-refractivity contribution >= 4 is 47.1 Å². The molecule has 0 saturated heterocycles. The first-order valence-electron chi connectivity index (χ1n) is 6.31. The maximum absolute atomic E-state index is 11.4. The molecule has 0 aromatic rings. The van der Waals surface area contributed by atoms with Gasteiger partial charge in [0.2, 0.25) is 0 Å². The van der Waals surface area contributed by atoms with Gasteiger partial charge in [-0.3, -0.25) is 0 Å². The van der Waals surface area contributed by atoms with Crippen molar-refractivity contribution in [3.63, 3.8) is 0 Å². The van der Waals surface area contributed by atoms with E-state index in [-0.39, 0.29) is 0 Å². The number of allylic oxidation sites excluding steroid dienone is 2. The Bertz CT molecular complexity index is 614. The van der Waals surface area contributed by atoms with Gasteiger partial charge in [0.15, 0.2) is 0 Å². The lowest BCUT2D eigenvalue weighted by atomic mass is 9.46. The maximum Gasteiger partial charge on any atom is 0.0970 e. The Balaban J connectivity index is 2.88. The zero-order valence-electron chi connectivity index (χ0n) is 11.4. The summed E-state index contributed by atoms with van der Waals surface area (Å²) in [6.07, 6.45) is 0.932. The van der Waals surface area contributed by atoms with E-state index in [2.05, 4.69) is 0 Å². The molecule has 3 aliphatic carbocycles. The van der Waals surface area contributed by atoms with Crippen molar-refractivity contribution in [3.8, 4) is 0 Å². The molecule has 6 atom stereocenters. The largest absolute Gasteiger partial charge is 0.550 e. The van der Waals surface area contributed by atoms with Crippen LogP contribution in [0.5, 0.6) is 0 Å². The van der Waals surface area contributed by atoms with Crippen LogP contribution < -0.4 is 20.4 Å². The molecule has 0 aromatic heterocycles. The minimum Gasteiger partial charge on any atom is -0.550 e. The first-order chi connectivity index (χ1) is 10.4. The fourth-order valence-electron chi connectivity index (χ4n) is 3.85. The summed E-state index contributed by atoms with van der Waals surface area (Å²) in [7, 11) is 0. The molecule has 0 spiro atoms. The number of aliphatic carboxylic acids is 4. The average Bonchev–Trinajstić information content (AvgIpc) is 2.36. The van der Waals surface area contributed by atoms with Gasteiger partial charge < -0.3 is 39.6 Å². The molecule has 23 heavy (non-hydrogen) atoms. The lowest BCUT2D eigenvalue weighted by molar-refractivity contribution is -0.351. The summed E-state index contributed by atoms with van der Waals surface area (Å²) in [5.41, 5.74) is -2.03. The van der Waals surface area contributed by atoms with Crippen molar-refractivity contribution in [1.82, 2.24) is 0 Å². The first kappa shape index (κ1) is 17.6. The summed E-state index contributed by atoms with van der Waals surface area (Å²) in [4.78, 5) is 43.2. The van der Waals surface area contributed by atoms with Gasteiger partial charge in [0, 0.05) is 58.0 Å². The molecule has 0 amide bonds. The highest BCUT2D eigenvalue weighted by molar-refractivity contribution is 6.42. The summed E-state index contributed by atoms with van der Waals surface area (Å²) in [6.45, 7) is 1.04. The molecule has 0 radical (unpaired) electrons. The minimum atomic E-state index is -2.56. The van der Waals surface area contributed by atoms with Crippen LogP contribution in [0.1, 0.15) is 6.92 Å². The van der Waals surface area contributed by atoms with Gasteiger partial charge in [-0.05, 0) is 0 Å². The van der Waals surface area contributed by atoms with E-state index in [0.717, 1.165) is 13.0 Å². The Labute approximate surface area is 139 Å². The van der Waals surface area contributed by atoms with Crippen LogP contribution in [0, 0.1) is 29.1 Å². The quantitative estimate of drug-likeness (QED) is 0.452. The third-order valence-corrected chi connectivity index (χ3v) is 5.92. The second-order valence-electron chi connectivity index (χ2n) is 5.81. The summed E-state index contributed by atoms with van der Waals surface area (Å²) in [5, 5.41) is 45.3. The number of alkyl halides is 1. The predicted molar refractivity (Wildman–Crippen MR) is 64.6 cm³/mol. The summed E-state index contributed by atoms with van der Waals surface area (Å²) >= 11 is 12.0.